The molecule has 0 aromatic carbocycles. The van der Waals surface area contributed by atoms with E-state index in [1.807, 2.05) is 0 Å². The summed E-state index contributed by atoms with van der Waals surface area (Å²) in [5.41, 5.74) is 0. The van der Waals surface area contributed by atoms with Crippen LogP contribution in [0.3, 0.4) is 0 Å². The maximum atomic E-state index is 11.2. The van der Waals surface area contributed by atoms with Gasteiger partial charge in [0.05, 0.1) is 0 Å². The van der Waals surface area contributed by atoms with Gasteiger partial charge < -0.3 is 10.4 Å². The summed E-state index contributed by atoms with van der Waals surface area (Å²) in [7, 11) is 1.52. The first-order chi connectivity index (χ1) is 10.1. The van der Waals surface area contributed by atoms with Crippen LogP contribution in [0.15, 0.2) is 0 Å². The van der Waals surface area contributed by atoms with Gasteiger partial charge in [-0.1, -0.05) is 64.7 Å². The Morgan fingerprint density at radius 3 is 1.81 bits per heavy atom. The third-order valence-electron chi connectivity index (χ3n) is 3.67. The highest BCUT2D eigenvalue weighted by Gasteiger charge is 2.14. The SMILES string of the molecule is CCCCCCCCCCCCN(CC(=O)NC)C(=O)O. The topological polar surface area (TPSA) is 69.6 Å². The summed E-state index contributed by atoms with van der Waals surface area (Å²) in [4.78, 5) is 23.4. The first-order valence-corrected chi connectivity index (χ1v) is 8.30. The van der Waals surface area contributed by atoms with Gasteiger partial charge in [-0.15, -0.1) is 0 Å². The highest BCUT2D eigenvalue weighted by Crippen LogP contribution is 2.10. The van der Waals surface area contributed by atoms with E-state index in [1.165, 1.54) is 56.9 Å². The van der Waals surface area contributed by atoms with Crippen molar-refractivity contribution in [2.45, 2.75) is 71.1 Å². The first kappa shape index (κ1) is 19.7. The first-order valence-electron chi connectivity index (χ1n) is 8.30. The molecule has 0 spiro atoms. The predicted molar refractivity (Wildman–Crippen MR) is 85.5 cm³/mol. The molecular weight excluding hydrogens is 268 g/mol. The Bertz CT molecular complexity index is 283. The van der Waals surface area contributed by atoms with Crippen LogP contribution < -0.4 is 5.32 Å². The normalized spacial score (nSPS) is 10.4. The summed E-state index contributed by atoms with van der Waals surface area (Å²) < 4.78 is 0. The van der Waals surface area contributed by atoms with Gasteiger partial charge in [0.1, 0.15) is 6.54 Å². The molecule has 0 fully saturated rings. The molecule has 0 aromatic rings. The van der Waals surface area contributed by atoms with Crippen LogP contribution in [0.4, 0.5) is 4.79 Å². The largest absolute Gasteiger partial charge is 0.465 e. The lowest BCUT2D eigenvalue weighted by Gasteiger charge is -2.17. The van der Waals surface area contributed by atoms with Crippen molar-refractivity contribution >= 4 is 12.0 Å². The molecule has 0 unspecified atom stereocenters. The highest BCUT2D eigenvalue weighted by atomic mass is 16.4. The Hall–Kier alpha value is -1.26. The molecule has 5 nitrogen and oxygen atoms in total. The lowest BCUT2D eigenvalue weighted by atomic mass is 10.1. The molecule has 0 saturated heterocycles. The summed E-state index contributed by atoms with van der Waals surface area (Å²) in [6.45, 7) is 2.60. The van der Waals surface area contributed by atoms with E-state index in [-0.39, 0.29) is 12.5 Å². The highest BCUT2D eigenvalue weighted by molar-refractivity contribution is 5.81. The van der Waals surface area contributed by atoms with E-state index in [1.54, 1.807) is 0 Å². The van der Waals surface area contributed by atoms with Gasteiger partial charge in [-0.3, -0.25) is 9.69 Å². The maximum absolute atomic E-state index is 11.2. The summed E-state index contributed by atoms with van der Waals surface area (Å²) in [5, 5.41) is 11.5. The Balaban J connectivity index is 3.50. The molecule has 2 N–H and O–H groups in total. The Morgan fingerprint density at radius 2 is 1.38 bits per heavy atom. The molecule has 0 bridgehead atoms. The zero-order valence-electron chi connectivity index (χ0n) is 13.7. The molecular formula is C16H32N2O3. The van der Waals surface area contributed by atoms with E-state index in [9.17, 15) is 9.59 Å². The number of nitrogens with one attached hydrogen (secondary N) is 1. The van der Waals surface area contributed by atoms with Gasteiger partial charge in [0.15, 0.2) is 0 Å². The van der Waals surface area contributed by atoms with Crippen LogP contribution in [0.1, 0.15) is 71.1 Å². The number of carboxylic acid groups (broad SMARTS) is 1. The fourth-order valence-electron chi connectivity index (χ4n) is 2.28. The van der Waals surface area contributed by atoms with Gasteiger partial charge in [0, 0.05) is 13.6 Å². The molecule has 0 rings (SSSR count). The zero-order valence-corrected chi connectivity index (χ0v) is 13.7. The molecule has 0 aliphatic carbocycles. The monoisotopic (exact) mass is 300 g/mol. The van der Waals surface area contributed by atoms with Crippen LogP contribution in [0.25, 0.3) is 0 Å². The van der Waals surface area contributed by atoms with E-state index in [4.69, 9.17) is 5.11 Å². The Kier molecular flexibility index (Phi) is 12.9. The molecule has 0 saturated carbocycles. The molecule has 21 heavy (non-hydrogen) atoms. The smallest absolute Gasteiger partial charge is 0.407 e. The van der Waals surface area contributed by atoms with Gasteiger partial charge in [0.2, 0.25) is 5.91 Å². The quantitative estimate of drug-likeness (QED) is 0.510. The van der Waals surface area contributed by atoms with Gasteiger partial charge in [0.25, 0.3) is 0 Å². The second-order valence-corrected chi connectivity index (χ2v) is 5.56. The Labute approximate surface area is 129 Å². The van der Waals surface area contributed by atoms with Crippen molar-refractivity contribution in [3.63, 3.8) is 0 Å². The molecule has 0 heterocycles. The maximum Gasteiger partial charge on any atom is 0.407 e. The molecule has 0 atom stereocenters. The third kappa shape index (κ3) is 12.2. The van der Waals surface area contributed by atoms with Crippen molar-refractivity contribution < 1.29 is 14.7 Å². The van der Waals surface area contributed by atoms with E-state index in [2.05, 4.69) is 12.2 Å². The van der Waals surface area contributed by atoms with Gasteiger partial charge in [-0.05, 0) is 6.42 Å². The van der Waals surface area contributed by atoms with Crippen molar-refractivity contribution in [2.75, 3.05) is 20.1 Å². The van der Waals surface area contributed by atoms with Crippen molar-refractivity contribution in [3.8, 4) is 0 Å². The third-order valence-corrected chi connectivity index (χ3v) is 3.67. The lowest BCUT2D eigenvalue weighted by molar-refractivity contribution is -0.121. The van der Waals surface area contributed by atoms with E-state index < -0.39 is 6.09 Å². The summed E-state index contributed by atoms with van der Waals surface area (Å²) in [6, 6.07) is 0. The molecule has 0 aliphatic rings. The number of hydrogen-bond donors (Lipinski definition) is 2. The molecule has 0 radical (unpaired) electrons. The zero-order chi connectivity index (χ0) is 15.9. The minimum atomic E-state index is -1.02. The van der Waals surface area contributed by atoms with Crippen LogP contribution in [0.2, 0.25) is 0 Å². The number of carbonyl (C=O) groups is 2. The average Bonchev–Trinajstić information content (AvgIpc) is 2.47. The van der Waals surface area contributed by atoms with E-state index in [0.29, 0.717) is 6.54 Å². The van der Waals surface area contributed by atoms with Crippen LogP contribution in [-0.2, 0) is 4.79 Å². The van der Waals surface area contributed by atoms with Crippen molar-refractivity contribution in [1.82, 2.24) is 10.2 Å². The number of likely N-dealkylation sites (N-methyl/N-ethyl adjacent to an activating group) is 1. The molecule has 0 aliphatic heterocycles. The minimum Gasteiger partial charge on any atom is -0.465 e. The second kappa shape index (κ2) is 13.7. The lowest BCUT2D eigenvalue weighted by Crippen LogP contribution is -2.39. The Morgan fingerprint density at radius 1 is 0.905 bits per heavy atom. The van der Waals surface area contributed by atoms with Crippen LogP contribution in [-0.4, -0.2) is 42.1 Å². The molecule has 124 valence electrons. The molecule has 0 aromatic heterocycles. The van der Waals surface area contributed by atoms with E-state index in [0.717, 1.165) is 19.3 Å². The summed E-state index contributed by atoms with van der Waals surface area (Å²) in [6.07, 6.45) is 11.2. The fraction of sp³-hybridized carbons (Fsp3) is 0.875. The minimum absolute atomic E-state index is 0.0662. The standard InChI is InChI=1S/C16H32N2O3/c1-3-4-5-6-7-8-9-10-11-12-13-18(16(20)21)14-15(19)17-2/h3-14H2,1-2H3,(H,17,19)(H,20,21). The molecule has 2 amide bonds. The van der Waals surface area contributed by atoms with Crippen molar-refractivity contribution in [1.29, 1.82) is 0 Å². The number of carbonyl (C=O) groups excluding carboxylic acids is 1. The number of unbranched alkanes of at least 4 members (excludes halogenated alkanes) is 9. The molecule has 5 heteroatoms. The van der Waals surface area contributed by atoms with Gasteiger partial charge in [-0.25, -0.2) is 4.79 Å². The van der Waals surface area contributed by atoms with Crippen molar-refractivity contribution in [3.05, 3.63) is 0 Å². The second-order valence-electron chi connectivity index (χ2n) is 5.56. The number of nitrogens with zero attached hydrogens (tertiary/aromatic N) is 1. The number of hydrogen-bond acceptors (Lipinski definition) is 2. The van der Waals surface area contributed by atoms with Crippen LogP contribution in [0, 0.1) is 0 Å². The van der Waals surface area contributed by atoms with Crippen LogP contribution in [0.5, 0.6) is 0 Å². The van der Waals surface area contributed by atoms with Crippen molar-refractivity contribution in [2.24, 2.45) is 0 Å². The number of rotatable bonds is 13. The predicted octanol–water partition coefficient (Wildman–Crippen LogP) is 3.63. The summed E-state index contributed by atoms with van der Waals surface area (Å²) in [5.74, 6) is -0.260. The van der Waals surface area contributed by atoms with Gasteiger partial charge in [-0.2, -0.15) is 0 Å². The number of amides is 2. The van der Waals surface area contributed by atoms with Gasteiger partial charge >= 0.3 is 6.09 Å². The average molecular weight is 300 g/mol. The fourth-order valence-corrected chi connectivity index (χ4v) is 2.28. The summed E-state index contributed by atoms with van der Waals surface area (Å²) >= 11 is 0. The van der Waals surface area contributed by atoms with E-state index >= 15 is 0 Å². The van der Waals surface area contributed by atoms with Crippen LogP contribution >= 0.6 is 0 Å².